The van der Waals surface area contributed by atoms with Crippen LogP contribution in [0.25, 0.3) is 0 Å². The second-order valence-electron chi connectivity index (χ2n) is 6.50. The van der Waals surface area contributed by atoms with Crippen LogP contribution in [0.4, 0.5) is 0 Å². The van der Waals surface area contributed by atoms with E-state index in [2.05, 4.69) is 10.4 Å². The van der Waals surface area contributed by atoms with E-state index in [1.165, 1.54) is 0 Å². The highest BCUT2D eigenvalue weighted by Crippen LogP contribution is 2.34. The van der Waals surface area contributed by atoms with Gasteiger partial charge in [-0.2, -0.15) is 5.10 Å². The Morgan fingerprint density at radius 3 is 2.77 bits per heavy atom. The molecule has 124 valence electrons. The molecule has 2 saturated heterocycles. The van der Waals surface area contributed by atoms with Gasteiger partial charge >= 0.3 is 0 Å². The summed E-state index contributed by atoms with van der Waals surface area (Å²) in [5.41, 5.74) is 2.01. The number of ether oxygens (including phenoxy) is 2. The Balaban J connectivity index is 1.50. The number of rotatable bonds is 4. The van der Waals surface area contributed by atoms with Crippen molar-refractivity contribution in [2.45, 2.75) is 57.7 Å². The van der Waals surface area contributed by atoms with E-state index >= 15 is 0 Å². The normalized spacial score (nSPS) is 24.8. The Labute approximate surface area is 137 Å². The maximum Gasteiger partial charge on any atom is 0.0844 e. The van der Waals surface area contributed by atoms with Crippen LogP contribution in [0.5, 0.6) is 0 Å². The van der Waals surface area contributed by atoms with Gasteiger partial charge in [0.2, 0.25) is 0 Å². The highest BCUT2D eigenvalue weighted by atomic mass is 35.5. The first-order valence-electron chi connectivity index (χ1n) is 8.24. The van der Waals surface area contributed by atoms with Crippen LogP contribution in [0.1, 0.15) is 37.1 Å². The van der Waals surface area contributed by atoms with Gasteiger partial charge in [-0.15, -0.1) is 0 Å². The molecule has 0 saturated carbocycles. The van der Waals surface area contributed by atoms with Crippen LogP contribution < -0.4 is 5.32 Å². The summed E-state index contributed by atoms with van der Waals surface area (Å²) in [5, 5.41) is 8.94. The lowest BCUT2D eigenvalue weighted by Crippen LogP contribution is -2.50. The van der Waals surface area contributed by atoms with Crippen molar-refractivity contribution in [3.63, 3.8) is 0 Å². The van der Waals surface area contributed by atoms with E-state index < -0.39 is 0 Å². The predicted octanol–water partition coefficient (Wildman–Crippen LogP) is 2.47. The summed E-state index contributed by atoms with van der Waals surface area (Å²) in [5.74, 6) is 0. The lowest BCUT2D eigenvalue weighted by molar-refractivity contribution is -0.140. The van der Waals surface area contributed by atoms with Crippen LogP contribution >= 0.6 is 11.6 Å². The molecule has 3 rings (SSSR count). The van der Waals surface area contributed by atoms with Crippen LogP contribution in [0.2, 0.25) is 5.02 Å². The van der Waals surface area contributed by atoms with Crippen molar-refractivity contribution in [1.82, 2.24) is 15.1 Å². The van der Waals surface area contributed by atoms with Crippen molar-refractivity contribution in [3.05, 3.63) is 16.4 Å². The number of aromatic nitrogens is 2. The van der Waals surface area contributed by atoms with Crippen LogP contribution in [-0.2, 0) is 16.0 Å². The quantitative estimate of drug-likeness (QED) is 0.923. The van der Waals surface area contributed by atoms with Crippen molar-refractivity contribution >= 4 is 11.6 Å². The monoisotopic (exact) mass is 327 g/mol. The molecule has 0 aromatic carbocycles. The third kappa shape index (κ3) is 3.48. The van der Waals surface area contributed by atoms with Gasteiger partial charge in [0.1, 0.15) is 0 Å². The lowest BCUT2D eigenvalue weighted by Gasteiger charge is -2.43. The summed E-state index contributed by atoms with van der Waals surface area (Å²) < 4.78 is 13.6. The topological polar surface area (TPSA) is 48.3 Å². The lowest BCUT2D eigenvalue weighted by atomic mass is 9.84. The van der Waals surface area contributed by atoms with Crippen LogP contribution in [0, 0.1) is 13.8 Å². The van der Waals surface area contributed by atoms with Gasteiger partial charge < -0.3 is 14.8 Å². The van der Waals surface area contributed by atoms with Crippen molar-refractivity contribution in [1.29, 1.82) is 0 Å². The summed E-state index contributed by atoms with van der Waals surface area (Å²) in [6.07, 6.45) is 4.23. The molecule has 0 aliphatic carbocycles. The van der Waals surface area contributed by atoms with Crippen molar-refractivity contribution in [3.8, 4) is 0 Å². The number of nitrogens with zero attached hydrogens (tertiary/aromatic N) is 2. The van der Waals surface area contributed by atoms with Crippen molar-refractivity contribution in [2.24, 2.45) is 0 Å². The van der Waals surface area contributed by atoms with Gasteiger partial charge in [0.05, 0.1) is 28.6 Å². The number of halogens is 1. The molecule has 0 amide bonds. The molecule has 6 heteroatoms. The number of aryl methyl sites for hydroxylation is 1. The first-order valence-corrected chi connectivity index (χ1v) is 8.62. The van der Waals surface area contributed by atoms with Gasteiger partial charge in [-0.1, -0.05) is 11.6 Å². The minimum atomic E-state index is 0.0513. The summed E-state index contributed by atoms with van der Waals surface area (Å²) in [4.78, 5) is 0. The number of nitrogens with one attached hydrogen (secondary N) is 1. The highest BCUT2D eigenvalue weighted by molar-refractivity contribution is 6.31. The molecule has 1 aromatic heterocycles. The summed E-state index contributed by atoms with van der Waals surface area (Å²) in [6.45, 7) is 8.25. The second-order valence-corrected chi connectivity index (χ2v) is 6.87. The Morgan fingerprint density at radius 1 is 1.32 bits per heavy atom. The van der Waals surface area contributed by atoms with E-state index in [-0.39, 0.29) is 5.60 Å². The van der Waals surface area contributed by atoms with Gasteiger partial charge in [0.15, 0.2) is 0 Å². The van der Waals surface area contributed by atoms with Crippen molar-refractivity contribution < 1.29 is 9.47 Å². The maximum absolute atomic E-state index is 6.19. The minimum absolute atomic E-state index is 0.0513. The Hall–Kier alpha value is -0.620. The molecule has 2 fully saturated rings. The summed E-state index contributed by atoms with van der Waals surface area (Å²) in [7, 11) is 0. The molecule has 1 N–H and O–H groups in total. The van der Waals surface area contributed by atoms with Crippen molar-refractivity contribution in [2.75, 3.05) is 26.4 Å². The molecule has 3 heterocycles. The average molecular weight is 328 g/mol. The maximum atomic E-state index is 6.19. The third-order valence-corrected chi connectivity index (χ3v) is 5.49. The molecule has 2 aliphatic heterocycles. The van der Waals surface area contributed by atoms with Crippen LogP contribution in [0.3, 0.4) is 0 Å². The molecule has 0 unspecified atom stereocenters. The zero-order valence-electron chi connectivity index (χ0n) is 13.5. The Kier molecular flexibility index (Phi) is 5.07. The van der Waals surface area contributed by atoms with Gasteiger partial charge in [0, 0.05) is 32.4 Å². The third-order valence-electron chi connectivity index (χ3n) is 4.95. The van der Waals surface area contributed by atoms with E-state index in [1.807, 2.05) is 18.5 Å². The fraction of sp³-hybridized carbons (Fsp3) is 0.812. The van der Waals surface area contributed by atoms with Gasteiger partial charge in [0.25, 0.3) is 0 Å². The van der Waals surface area contributed by atoms with Crippen LogP contribution in [0.15, 0.2) is 0 Å². The van der Waals surface area contributed by atoms with E-state index in [0.717, 1.165) is 75.0 Å². The SMILES string of the molecule is Cc1nn(CCN[C@@H]2CCOC3(CCOCC3)C2)c(C)c1Cl. The smallest absolute Gasteiger partial charge is 0.0844 e. The van der Waals surface area contributed by atoms with E-state index in [1.54, 1.807) is 0 Å². The second kappa shape index (κ2) is 6.87. The largest absolute Gasteiger partial charge is 0.381 e. The molecule has 0 radical (unpaired) electrons. The van der Waals surface area contributed by atoms with Gasteiger partial charge in [-0.3, -0.25) is 4.68 Å². The molecule has 1 atom stereocenters. The summed E-state index contributed by atoms with van der Waals surface area (Å²) >= 11 is 6.19. The molecular formula is C16H26ClN3O2. The summed E-state index contributed by atoms with van der Waals surface area (Å²) in [6, 6.07) is 0.527. The van der Waals surface area contributed by atoms with Gasteiger partial charge in [-0.25, -0.2) is 0 Å². The molecular weight excluding hydrogens is 302 g/mol. The Morgan fingerprint density at radius 2 is 2.09 bits per heavy atom. The number of hydrogen-bond donors (Lipinski definition) is 1. The average Bonchev–Trinajstić information content (AvgIpc) is 2.76. The molecule has 1 spiro atoms. The standard InChI is InChI=1S/C16H26ClN3O2/c1-12-15(17)13(2)20(19-12)7-6-18-14-3-8-22-16(11-14)4-9-21-10-5-16/h14,18H,3-11H2,1-2H3/t14-/m1/s1. The fourth-order valence-corrected chi connectivity index (χ4v) is 3.70. The van der Waals surface area contributed by atoms with E-state index in [4.69, 9.17) is 21.1 Å². The zero-order chi connectivity index (χ0) is 15.6. The van der Waals surface area contributed by atoms with E-state index in [0.29, 0.717) is 6.04 Å². The molecule has 1 aromatic rings. The fourth-order valence-electron chi connectivity index (χ4n) is 3.56. The highest BCUT2D eigenvalue weighted by Gasteiger charge is 2.38. The molecule has 22 heavy (non-hydrogen) atoms. The minimum Gasteiger partial charge on any atom is -0.381 e. The van der Waals surface area contributed by atoms with E-state index in [9.17, 15) is 0 Å². The first-order chi connectivity index (χ1) is 10.6. The predicted molar refractivity (Wildman–Crippen MR) is 86.5 cm³/mol. The number of hydrogen-bond acceptors (Lipinski definition) is 4. The molecule has 5 nitrogen and oxygen atoms in total. The first kappa shape index (κ1) is 16.2. The van der Waals surface area contributed by atoms with Gasteiger partial charge in [-0.05, 0) is 39.5 Å². The Bertz CT molecular complexity index is 506. The molecule has 2 aliphatic rings. The molecule has 0 bridgehead atoms. The zero-order valence-corrected chi connectivity index (χ0v) is 14.3. The van der Waals surface area contributed by atoms with Crippen LogP contribution in [-0.4, -0.2) is 47.8 Å².